The number of rotatable bonds is 4. The van der Waals surface area contributed by atoms with E-state index in [-0.39, 0.29) is 24.5 Å². The van der Waals surface area contributed by atoms with Gasteiger partial charge < -0.3 is 9.26 Å². The van der Waals surface area contributed by atoms with Gasteiger partial charge in [-0.1, -0.05) is 28.9 Å². The number of fused-ring (bicyclic) bond motifs is 1. The Morgan fingerprint density at radius 2 is 2.13 bits per heavy atom. The van der Waals surface area contributed by atoms with E-state index in [0.717, 1.165) is 12.0 Å². The number of amides is 1. The predicted molar refractivity (Wildman–Crippen MR) is 106 cm³/mol. The Balaban J connectivity index is 1.28. The largest absolute Gasteiger partial charge is 0.373 e. The molecule has 1 aromatic carbocycles. The highest BCUT2D eigenvalue weighted by atomic mass is 35.5. The van der Waals surface area contributed by atoms with Crippen LogP contribution in [-0.4, -0.2) is 43.5 Å². The first kappa shape index (κ1) is 19.0. The number of nitrogens with zero attached hydrogens (tertiary/aromatic N) is 5. The molecule has 0 radical (unpaired) electrons. The van der Waals surface area contributed by atoms with Crippen molar-refractivity contribution in [3.63, 3.8) is 0 Å². The van der Waals surface area contributed by atoms with Crippen molar-refractivity contribution in [1.82, 2.24) is 24.7 Å². The predicted octanol–water partition coefficient (Wildman–Crippen LogP) is 1.91. The summed E-state index contributed by atoms with van der Waals surface area (Å²) < 4.78 is 12.8. The third-order valence-corrected chi connectivity index (χ3v) is 5.67. The van der Waals surface area contributed by atoms with Crippen LogP contribution in [0.5, 0.6) is 0 Å². The number of hydrogen-bond acceptors (Lipinski definition) is 8. The lowest BCUT2D eigenvalue weighted by atomic mass is 10.0. The van der Waals surface area contributed by atoms with E-state index in [1.54, 1.807) is 6.92 Å². The number of ether oxygens (including phenoxy) is 1. The molecule has 1 fully saturated rings. The summed E-state index contributed by atoms with van der Waals surface area (Å²) in [6, 6.07) is 7.61. The van der Waals surface area contributed by atoms with E-state index in [1.807, 2.05) is 24.3 Å². The molecule has 0 spiro atoms. The molecule has 30 heavy (non-hydrogen) atoms. The van der Waals surface area contributed by atoms with Gasteiger partial charge in [0.05, 0.1) is 18.4 Å². The van der Waals surface area contributed by atoms with Gasteiger partial charge in [0.15, 0.2) is 17.8 Å². The van der Waals surface area contributed by atoms with Crippen molar-refractivity contribution < 1.29 is 14.1 Å². The van der Waals surface area contributed by atoms with Gasteiger partial charge in [-0.3, -0.25) is 20.9 Å². The van der Waals surface area contributed by atoms with Crippen LogP contribution in [0.2, 0.25) is 5.02 Å². The second kappa shape index (κ2) is 7.38. The molecule has 0 aliphatic carbocycles. The van der Waals surface area contributed by atoms with E-state index in [9.17, 15) is 4.79 Å². The molecule has 1 saturated heterocycles. The molecule has 1 unspecified atom stereocenters. The molecular weight excluding hydrogens is 410 g/mol. The smallest absolute Gasteiger partial charge is 0.277 e. The van der Waals surface area contributed by atoms with Gasteiger partial charge in [0.2, 0.25) is 5.89 Å². The van der Waals surface area contributed by atoms with Crippen LogP contribution in [0.4, 0.5) is 0 Å². The zero-order valence-electron chi connectivity index (χ0n) is 16.2. The third kappa shape index (κ3) is 3.32. The fraction of sp³-hybridized carbons (Fsp3) is 0.368. The molecule has 1 amide bonds. The number of benzene rings is 1. The Morgan fingerprint density at radius 3 is 2.93 bits per heavy atom. The maximum Gasteiger partial charge on any atom is 0.277 e. The van der Waals surface area contributed by atoms with Crippen LogP contribution in [-0.2, 0) is 11.3 Å². The number of aromatic nitrogens is 4. The lowest BCUT2D eigenvalue weighted by molar-refractivity contribution is 0.0603. The molecule has 0 saturated carbocycles. The third-order valence-electron chi connectivity index (χ3n) is 5.41. The second-order valence-electron chi connectivity index (χ2n) is 7.41. The maximum atomic E-state index is 12.8. The van der Waals surface area contributed by atoms with E-state index < -0.39 is 6.29 Å². The molecule has 10 nitrogen and oxygen atoms in total. The number of hydrogen-bond donors (Lipinski definition) is 2. The normalized spacial score (nSPS) is 23.5. The Kier molecular flexibility index (Phi) is 4.69. The van der Waals surface area contributed by atoms with Gasteiger partial charge in [-0.05, 0) is 31.0 Å². The van der Waals surface area contributed by atoms with Crippen molar-refractivity contribution in [2.45, 2.75) is 38.2 Å². The van der Waals surface area contributed by atoms with Crippen molar-refractivity contribution in [3.05, 3.63) is 64.3 Å². The molecule has 2 aliphatic rings. The summed E-state index contributed by atoms with van der Waals surface area (Å²) in [4.78, 5) is 22.9. The summed E-state index contributed by atoms with van der Waals surface area (Å²) in [5, 5.41) is 4.79. The Hall–Kier alpha value is -2.95. The fourth-order valence-corrected chi connectivity index (χ4v) is 3.92. The number of imidazole rings is 1. The van der Waals surface area contributed by atoms with E-state index in [4.69, 9.17) is 26.6 Å². The maximum absolute atomic E-state index is 12.8. The molecule has 2 aliphatic heterocycles. The average Bonchev–Trinajstić information content (AvgIpc) is 3.46. The van der Waals surface area contributed by atoms with Gasteiger partial charge in [-0.2, -0.15) is 4.98 Å². The van der Waals surface area contributed by atoms with Crippen molar-refractivity contribution in [2.75, 3.05) is 12.0 Å². The Labute approximate surface area is 176 Å². The van der Waals surface area contributed by atoms with Gasteiger partial charge >= 0.3 is 0 Å². The number of aryl methyl sites for hydroxylation is 1. The van der Waals surface area contributed by atoms with Gasteiger partial charge in [-0.15, -0.1) is 0 Å². The molecular formula is C19H20ClN7O3. The molecule has 11 heteroatoms. The summed E-state index contributed by atoms with van der Waals surface area (Å²) in [5.74, 6) is 0.642. The summed E-state index contributed by atoms with van der Waals surface area (Å²) in [6.07, 6.45) is 1.49. The van der Waals surface area contributed by atoms with Crippen molar-refractivity contribution >= 4 is 17.5 Å². The Morgan fingerprint density at radius 1 is 1.33 bits per heavy atom. The number of nitrogens with two attached hydrogens (primary N) is 1. The number of carbonyl (C=O) groups excluding carboxylic acids is 1. The van der Waals surface area contributed by atoms with E-state index in [0.29, 0.717) is 34.7 Å². The quantitative estimate of drug-likeness (QED) is 0.644. The molecule has 4 heterocycles. The summed E-state index contributed by atoms with van der Waals surface area (Å²) >= 11 is 5.96. The minimum atomic E-state index is -0.738. The SMILES string of the molecule is Cc1ncn2c1C(=O)N(Cc1nc([C@@H]3CO[C@@H](c4ccc(Cl)cc4)C3)no1)C(N)N2. The molecule has 0 bridgehead atoms. The van der Waals surface area contributed by atoms with Crippen LogP contribution in [0.25, 0.3) is 0 Å². The lowest BCUT2D eigenvalue weighted by Gasteiger charge is -2.34. The molecule has 3 atom stereocenters. The molecule has 3 N–H and O–H groups in total. The first-order valence-corrected chi connectivity index (χ1v) is 9.94. The number of nitrogens with one attached hydrogen (secondary N) is 1. The van der Waals surface area contributed by atoms with Gasteiger partial charge in [0.25, 0.3) is 5.91 Å². The standard InChI is InChI=1S/C19H20ClN7O3/c1-10-16-18(28)26(19(21)24-27(16)9-22-10)7-15-23-17(25-30-15)12-6-14(29-8-12)11-2-4-13(20)5-3-11/h2-5,9,12,14,19,24H,6-8,21H2,1H3/t12-,14+,19?/m0/s1. The second-order valence-corrected chi connectivity index (χ2v) is 7.84. The lowest BCUT2D eigenvalue weighted by Crippen LogP contribution is -2.57. The summed E-state index contributed by atoms with van der Waals surface area (Å²) in [7, 11) is 0. The van der Waals surface area contributed by atoms with Crippen molar-refractivity contribution in [1.29, 1.82) is 0 Å². The zero-order valence-corrected chi connectivity index (χ0v) is 16.9. The number of carbonyl (C=O) groups is 1. The first-order chi connectivity index (χ1) is 14.5. The molecule has 3 aromatic rings. The molecule has 156 valence electrons. The number of halogens is 1. The van der Waals surface area contributed by atoms with E-state index in [2.05, 4.69) is 20.6 Å². The van der Waals surface area contributed by atoms with Gasteiger partial charge in [-0.25, -0.2) is 9.66 Å². The van der Waals surface area contributed by atoms with Crippen LogP contribution in [0, 0.1) is 6.92 Å². The van der Waals surface area contributed by atoms with Crippen LogP contribution in [0.15, 0.2) is 35.1 Å². The monoisotopic (exact) mass is 429 g/mol. The van der Waals surface area contributed by atoms with E-state index in [1.165, 1.54) is 15.9 Å². The van der Waals surface area contributed by atoms with Crippen molar-refractivity contribution in [3.8, 4) is 0 Å². The van der Waals surface area contributed by atoms with E-state index >= 15 is 0 Å². The minimum Gasteiger partial charge on any atom is -0.373 e. The zero-order chi connectivity index (χ0) is 20.8. The van der Waals surface area contributed by atoms with Crippen molar-refractivity contribution in [2.24, 2.45) is 5.73 Å². The highest BCUT2D eigenvalue weighted by Crippen LogP contribution is 2.37. The topological polar surface area (TPSA) is 124 Å². The first-order valence-electron chi connectivity index (χ1n) is 9.56. The Bertz CT molecular complexity index is 1080. The van der Waals surface area contributed by atoms with Gasteiger partial charge in [0.1, 0.15) is 12.9 Å². The highest BCUT2D eigenvalue weighted by Gasteiger charge is 2.35. The summed E-state index contributed by atoms with van der Waals surface area (Å²) in [5.41, 5.74) is 11.2. The average molecular weight is 430 g/mol. The molecule has 2 aromatic heterocycles. The summed E-state index contributed by atoms with van der Waals surface area (Å²) in [6.45, 7) is 2.36. The van der Waals surface area contributed by atoms with Crippen LogP contribution in [0.1, 0.15) is 51.9 Å². The van der Waals surface area contributed by atoms with Gasteiger partial charge in [0, 0.05) is 10.9 Å². The van der Waals surface area contributed by atoms with Crippen LogP contribution < -0.4 is 11.2 Å². The van der Waals surface area contributed by atoms with Crippen LogP contribution in [0.3, 0.4) is 0 Å². The van der Waals surface area contributed by atoms with Crippen LogP contribution >= 0.6 is 11.6 Å². The minimum absolute atomic E-state index is 0.00992. The molecule has 5 rings (SSSR count). The fourth-order valence-electron chi connectivity index (χ4n) is 3.80. The highest BCUT2D eigenvalue weighted by molar-refractivity contribution is 6.30.